The predicted molar refractivity (Wildman–Crippen MR) is 58.2 cm³/mol. The quantitative estimate of drug-likeness (QED) is 0.483. The molecule has 0 bridgehead atoms. The number of nitrogens with one attached hydrogen (secondary N) is 1. The molecule has 1 atom stereocenters. The Hall–Kier alpha value is -0.570. The fraction of sp³-hybridized carbons (Fsp3) is 0.909. The number of carbonyl (C=O) groups is 1. The van der Waals surface area contributed by atoms with E-state index in [-0.39, 0.29) is 12.0 Å². The van der Waals surface area contributed by atoms with Crippen molar-refractivity contribution in [1.29, 1.82) is 0 Å². The van der Waals surface area contributed by atoms with Crippen molar-refractivity contribution in [2.24, 2.45) is 0 Å². The highest BCUT2D eigenvalue weighted by atomic mass is 16.5. The Labute approximate surface area is 87.2 Å². The Balaban J connectivity index is 3.23. The molecule has 1 unspecified atom stereocenters. The zero-order chi connectivity index (χ0) is 10.8. The van der Waals surface area contributed by atoms with Crippen LogP contribution in [0, 0.1) is 0 Å². The maximum atomic E-state index is 11.0. The fourth-order valence-corrected chi connectivity index (χ4v) is 1.31. The zero-order valence-electron chi connectivity index (χ0n) is 9.64. The van der Waals surface area contributed by atoms with Crippen molar-refractivity contribution >= 4 is 5.97 Å². The summed E-state index contributed by atoms with van der Waals surface area (Å²) in [4.78, 5) is 11.0. The second-order valence-electron chi connectivity index (χ2n) is 3.61. The number of ether oxygens (including phenoxy) is 1. The first-order valence-corrected chi connectivity index (χ1v) is 5.53. The highest BCUT2D eigenvalue weighted by molar-refractivity contribution is 5.74. The summed E-state index contributed by atoms with van der Waals surface area (Å²) in [6.45, 7) is 4.94. The summed E-state index contributed by atoms with van der Waals surface area (Å²) in [5.74, 6) is -0.182. The van der Waals surface area contributed by atoms with Crippen molar-refractivity contribution in [2.75, 3.05) is 13.7 Å². The normalized spacial score (nSPS) is 12.5. The third kappa shape index (κ3) is 6.89. The molecule has 0 saturated heterocycles. The molecular weight excluding hydrogens is 178 g/mol. The summed E-state index contributed by atoms with van der Waals surface area (Å²) in [5, 5.41) is 3.14. The van der Waals surface area contributed by atoms with Crippen molar-refractivity contribution in [2.45, 2.75) is 52.0 Å². The van der Waals surface area contributed by atoms with Crippen LogP contribution < -0.4 is 5.32 Å². The Kier molecular flexibility index (Phi) is 8.64. The molecular formula is C11H23NO2. The minimum absolute atomic E-state index is 0.175. The van der Waals surface area contributed by atoms with Gasteiger partial charge in [-0.05, 0) is 19.9 Å². The molecule has 84 valence electrons. The van der Waals surface area contributed by atoms with E-state index in [1.807, 2.05) is 6.92 Å². The summed E-state index contributed by atoms with van der Waals surface area (Å²) >= 11 is 0. The van der Waals surface area contributed by atoms with E-state index in [9.17, 15) is 4.79 Å². The number of hydrogen-bond acceptors (Lipinski definition) is 3. The van der Waals surface area contributed by atoms with E-state index in [0.717, 1.165) is 13.0 Å². The number of methoxy groups -OCH3 is 1. The standard InChI is InChI=1S/C11H23NO2/c1-4-5-6-7-8-9-12-10(2)11(13)14-3/h10,12H,4-9H2,1-3H3. The number of hydrogen-bond donors (Lipinski definition) is 1. The summed E-state index contributed by atoms with van der Waals surface area (Å²) in [7, 11) is 1.42. The van der Waals surface area contributed by atoms with Gasteiger partial charge in [-0.25, -0.2) is 0 Å². The molecule has 0 aromatic rings. The summed E-state index contributed by atoms with van der Waals surface area (Å²) in [6.07, 6.45) is 6.26. The van der Waals surface area contributed by atoms with Gasteiger partial charge in [0.2, 0.25) is 0 Å². The van der Waals surface area contributed by atoms with E-state index in [4.69, 9.17) is 0 Å². The van der Waals surface area contributed by atoms with Crippen molar-refractivity contribution < 1.29 is 9.53 Å². The first-order valence-electron chi connectivity index (χ1n) is 5.53. The SMILES string of the molecule is CCCCCCCNC(C)C(=O)OC. The lowest BCUT2D eigenvalue weighted by Crippen LogP contribution is -2.35. The highest BCUT2D eigenvalue weighted by Gasteiger charge is 2.10. The van der Waals surface area contributed by atoms with Crippen molar-refractivity contribution in [3.8, 4) is 0 Å². The minimum atomic E-state index is -0.182. The van der Waals surface area contributed by atoms with Crippen molar-refractivity contribution in [1.82, 2.24) is 5.32 Å². The number of carbonyl (C=O) groups excluding carboxylic acids is 1. The van der Waals surface area contributed by atoms with E-state index in [1.165, 1.54) is 32.8 Å². The molecule has 0 heterocycles. The lowest BCUT2D eigenvalue weighted by molar-refractivity contribution is -0.142. The Morgan fingerprint density at radius 2 is 1.93 bits per heavy atom. The van der Waals surface area contributed by atoms with Crippen LogP contribution in [0.2, 0.25) is 0 Å². The van der Waals surface area contributed by atoms with Gasteiger partial charge in [0.25, 0.3) is 0 Å². The van der Waals surface area contributed by atoms with Crippen LogP contribution in [-0.2, 0) is 9.53 Å². The molecule has 0 aliphatic rings. The molecule has 0 amide bonds. The predicted octanol–water partition coefficient (Wildman–Crippen LogP) is 2.11. The second kappa shape index (κ2) is 9.00. The van der Waals surface area contributed by atoms with E-state index in [1.54, 1.807) is 0 Å². The van der Waals surface area contributed by atoms with E-state index >= 15 is 0 Å². The maximum Gasteiger partial charge on any atom is 0.322 e. The third-order valence-corrected chi connectivity index (χ3v) is 2.29. The van der Waals surface area contributed by atoms with Crippen LogP contribution in [-0.4, -0.2) is 25.7 Å². The van der Waals surface area contributed by atoms with Gasteiger partial charge >= 0.3 is 5.97 Å². The van der Waals surface area contributed by atoms with Crippen molar-refractivity contribution in [3.05, 3.63) is 0 Å². The molecule has 0 radical (unpaired) electrons. The van der Waals surface area contributed by atoms with Crippen LogP contribution in [0.15, 0.2) is 0 Å². The molecule has 3 nitrogen and oxygen atoms in total. The van der Waals surface area contributed by atoms with Crippen LogP contribution >= 0.6 is 0 Å². The summed E-state index contributed by atoms with van der Waals surface area (Å²) in [5.41, 5.74) is 0. The van der Waals surface area contributed by atoms with Crippen LogP contribution in [0.1, 0.15) is 46.0 Å². The van der Waals surface area contributed by atoms with Gasteiger partial charge in [0.1, 0.15) is 6.04 Å². The van der Waals surface area contributed by atoms with E-state index in [0.29, 0.717) is 0 Å². The van der Waals surface area contributed by atoms with E-state index in [2.05, 4.69) is 17.0 Å². The average molecular weight is 201 g/mol. The van der Waals surface area contributed by atoms with Crippen LogP contribution in [0.25, 0.3) is 0 Å². The monoisotopic (exact) mass is 201 g/mol. The fourth-order valence-electron chi connectivity index (χ4n) is 1.31. The first kappa shape index (κ1) is 13.4. The Morgan fingerprint density at radius 1 is 1.29 bits per heavy atom. The number of esters is 1. The Bertz CT molecular complexity index is 148. The van der Waals surface area contributed by atoms with E-state index < -0.39 is 0 Å². The first-order chi connectivity index (χ1) is 6.72. The Morgan fingerprint density at radius 3 is 2.50 bits per heavy atom. The van der Waals surface area contributed by atoms with Gasteiger partial charge in [-0.3, -0.25) is 4.79 Å². The minimum Gasteiger partial charge on any atom is -0.468 e. The third-order valence-electron chi connectivity index (χ3n) is 2.29. The molecule has 3 heteroatoms. The van der Waals surface area contributed by atoms with Crippen molar-refractivity contribution in [3.63, 3.8) is 0 Å². The van der Waals surface area contributed by atoms with Gasteiger partial charge in [-0.2, -0.15) is 0 Å². The molecule has 0 aliphatic carbocycles. The van der Waals surface area contributed by atoms with Gasteiger partial charge in [0.05, 0.1) is 7.11 Å². The molecule has 14 heavy (non-hydrogen) atoms. The highest BCUT2D eigenvalue weighted by Crippen LogP contribution is 2.01. The molecule has 0 rings (SSSR count). The lowest BCUT2D eigenvalue weighted by Gasteiger charge is -2.10. The lowest BCUT2D eigenvalue weighted by atomic mass is 10.1. The number of unbranched alkanes of at least 4 members (excludes halogenated alkanes) is 4. The second-order valence-corrected chi connectivity index (χ2v) is 3.61. The zero-order valence-corrected chi connectivity index (χ0v) is 9.64. The molecule has 0 spiro atoms. The molecule has 0 aromatic heterocycles. The summed E-state index contributed by atoms with van der Waals surface area (Å²) < 4.78 is 4.61. The van der Waals surface area contributed by atoms with Crippen LogP contribution in [0.4, 0.5) is 0 Å². The maximum absolute atomic E-state index is 11.0. The molecule has 0 fully saturated rings. The average Bonchev–Trinajstić information content (AvgIpc) is 2.21. The topological polar surface area (TPSA) is 38.3 Å². The van der Waals surface area contributed by atoms with Gasteiger partial charge in [-0.15, -0.1) is 0 Å². The molecule has 0 aromatic carbocycles. The van der Waals surface area contributed by atoms with Gasteiger partial charge < -0.3 is 10.1 Å². The van der Waals surface area contributed by atoms with Gasteiger partial charge in [0, 0.05) is 0 Å². The largest absolute Gasteiger partial charge is 0.468 e. The van der Waals surface area contributed by atoms with Crippen LogP contribution in [0.5, 0.6) is 0 Å². The van der Waals surface area contributed by atoms with Gasteiger partial charge in [-0.1, -0.05) is 32.6 Å². The number of rotatable bonds is 8. The molecule has 0 saturated carbocycles. The molecule has 1 N–H and O–H groups in total. The van der Waals surface area contributed by atoms with Gasteiger partial charge in [0.15, 0.2) is 0 Å². The smallest absolute Gasteiger partial charge is 0.322 e. The molecule has 0 aliphatic heterocycles. The van der Waals surface area contributed by atoms with Crippen LogP contribution in [0.3, 0.4) is 0 Å². The summed E-state index contributed by atoms with van der Waals surface area (Å²) in [6, 6.07) is -0.175.